The number of carboxylic acids is 1. The molecule has 5 heteroatoms. The number of hydrogen-bond donors (Lipinski definition) is 2. The van der Waals surface area contributed by atoms with Gasteiger partial charge in [0.05, 0.1) is 0 Å². The fourth-order valence-corrected chi connectivity index (χ4v) is 0.428. The number of hydrogen-bond acceptors (Lipinski definition) is 4. The molecule has 0 saturated heterocycles. The zero-order valence-corrected chi connectivity index (χ0v) is 6.98. The van der Waals surface area contributed by atoms with Gasteiger partial charge in [0, 0.05) is 26.4 Å². The van der Waals surface area contributed by atoms with Crippen molar-refractivity contribution in [2.24, 2.45) is 0 Å². The Kier molecular flexibility index (Phi) is 5.25. The highest BCUT2D eigenvalue weighted by atomic mass is 16.4. The number of aliphatic carboxylic acids is 1. The lowest BCUT2D eigenvalue weighted by Gasteiger charge is -1.91. The average Bonchev–Trinajstić information content (AvgIpc) is 2.05. The van der Waals surface area contributed by atoms with E-state index in [-0.39, 0.29) is 0 Å². The van der Waals surface area contributed by atoms with Gasteiger partial charge < -0.3 is 10.4 Å². The van der Waals surface area contributed by atoms with Gasteiger partial charge in [-0.2, -0.15) is 0 Å². The Bertz CT molecular complexity index is 221. The molecule has 1 rings (SSSR count). The van der Waals surface area contributed by atoms with Crippen LogP contribution in [0.25, 0.3) is 0 Å². The standard InChI is InChI=1S/C5H7N3.C2H4O2/c1-6-5-7-3-2-4-8-5;1-2(3)4/h2-4H,1H3,(H,6,7,8);1H3,(H,3,4). The summed E-state index contributed by atoms with van der Waals surface area (Å²) in [6.07, 6.45) is 3.39. The average molecular weight is 169 g/mol. The van der Waals surface area contributed by atoms with Crippen molar-refractivity contribution in [3.05, 3.63) is 18.5 Å². The molecule has 1 aromatic heterocycles. The SMILES string of the molecule is CC(=O)O.CNc1ncccn1. The summed E-state index contributed by atoms with van der Waals surface area (Å²) in [5.74, 6) is -0.174. The third-order valence-corrected chi connectivity index (χ3v) is 0.789. The fourth-order valence-electron chi connectivity index (χ4n) is 0.428. The first kappa shape index (κ1) is 10.3. The summed E-state index contributed by atoms with van der Waals surface area (Å²) in [7, 11) is 1.79. The maximum atomic E-state index is 9.00. The lowest BCUT2D eigenvalue weighted by molar-refractivity contribution is -0.134. The van der Waals surface area contributed by atoms with Gasteiger partial charge in [-0.1, -0.05) is 0 Å². The monoisotopic (exact) mass is 169 g/mol. The van der Waals surface area contributed by atoms with E-state index in [9.17, 15) is 0 Å². The highest BCUT2D eigenvalue weighted by molar-refractivity contribution is 5.62. The zero-order valence-electron chi connectivity index (χ0n) is 6.98. The molecule has 0 aliphatic rings. The highest BCUT2D eigenvalue weighted by Gasteiger charge is 1.81. The maximum Gasteiger partial charge on any atom is 0.300 e. The number of carboxylic acid groups (broad SMARTS) is 1. The lowest BCUT2D eigenvalue weighted by atomic mass is 10.7. The van der Waals surface area contributed by atoms with Gasteiger partial charge in [0.15, 0.2) is 0 Å². The normalized spacial score (nSPS) is 7.83. The van der Waals surface area contributed by atoms with Crippen LogP contribution in [0.2, 0.25) is 0 Å². The van der Waals surface area contributed by atoms with Crippen LogP contribution in [0.1, 0.15) is 6.92 Å². The van der Waals surface area contributed by atoms with Crippen molar-refractivity contribution in [3.8, 4) is 0 Å². The molecule has 1 heterocycles. The molecule has 0 unspecified atom stereocenters. The van der Waals surface area contributed by atoms with Gasteiger partial charge in [0.2, 0.25) is 5.95 Å². The van der Waals surface area contributed by atoms with Crippen LogP contribution in [-0.4, -0.2) is 28.1 Å². The predicted molar refractivity (Wildman–Crippen MR) is 44.9 cm³/mol. The number of anilines is 1. The van der Waals surface area contributed by atoms with E-state index in [1.54, 1.807) is 25.5 Å². The van der Waals surface area contributed by atoms with Gasteiger partial charge in [0.25, 0.3) is 5.97 Å². The summed E-state index contributed by atoms with van der Waals surface area (Å²) >= 11 is 0. The molecule has 0 bridgehead atoms. The molecule has 2 N–H and O–H groups in total. The molecule has 5 nitrogen and oxygen atoms in total. The van der Waals surface area contributed by atoms with Crippen LogP contribution in [0.3, 0.4) is 0 Å². The molecule has 1 aromatic rings. The van der Waals surface area contributed by atoms with Crippen molar-refractivity contribution in [1.82, 2.24) is 9.97 Å². The van der Waals surface area contributed by atoms with E-state index < -0.39 is 5.97 Å². The Morgan fingerprint density at radius 2 is 1.92 bits per heavy atom. The van der Waals surface area contributed by atoms with Crippen molar-refractivity contribution in [2.75, 3.05) is 12.4 Å². The first-order chi connectivity index (χ1) is 5.66. The fraction of sp³-hybridized carbons (Fsp3) is 0.286. The van der Waals surface area contributed by atoms with Crippen molar-refractivity contribution in [2.45, 2.75) is 6.92 Å². The maximum absolute atomic E-state index is 9.00. The van der Waals surface area contributed by atoms with Crippen LogP contribution in [0, 0.1) is 0 Å². The summed E-state index contributed by atoms with van der Waals surface area (Å²) < 4.78 is 0. The topological polar surface area (TPSA) is 75.1 Å². The summed E-state index contributed by atoms with van der Waals surface area (Å²) in [4.78, 5) is 16.8. The summed E-state index contributed by atoms with van der Waals surface area (Å²) in [5.41, 5.74) is 0. The lowest BCUT2D eigenvalue weighted by Crippen LogP contribution is -1.92. The third kappa shape index (κ3) is 6.47. The molecule has 0 aromatic carbocycles. The smallest absolute Gasteiger partial charge is 0.300 e. The quantitative estimate of drug-likeness (QED) is 0.644. The molecule has 0 aliphatic carbocycles. The van der Waals surface area contributed by atoms with Crippen molar-refractivity contribution in [3.63, 3.8) is 0 Å². The third-order valence-electron chi connectivity index (χ3n) is 0.789. The molecule has 0 aliphatic heterocycles. The largest absolute Gasteiger partial charge is 0.481 e. The Balaban J connectivity index is 0.000000261. The summed E-state index contributed by atoms with van der Waals surface area (Å²) in [5, 5.41) is 10.2. The first-order valence-corrected chi connectivity index (χ1v) is 3.31. The summed E-state index contributed by atoms with van der Waals surface area (Å²) in [6.45, 7) is 1.08. The van der Waals surface area contributed by atoms with Crippen molar-refractivity contribution < 1.29 is 9.90 Å². The second kappa shape index (κ2) is 6.09. The number of nitrogens with zero attached hydrogens (tertiary/aromatic N) is 2. The highest BCUT2D eigenvalue weighted by Crippen LogP contribution is 1.88. The molecule has 66 valence electrons. The van der Waals surface area contributed by atoms with Crippen LogP contribution >= 0.6 is 0 Å². The minimum atomic E-state index is -0.833. The number of carbonyl (C=O) groups is 1. The second-order valence-corrected chi connectivity index (χ2v) is 1.84. The van der Waals surface area contributed by atoms with E-state index in [0.29, 0.717) is 5.95 Å². The second-order valence-electron chi connectivity index (χ2n) is 1.84. The summed E-state index contributed by atoms with van der Waals surface area (Å²) in [6, 6.07) is 1.78. The van der Waals surface area contributed by atoms with E-state index in [2.05, 4.69) is 15.3 Å². The van der Waals surface area contributed by atoms with Crippen LogP contribution in [-0.2, 0) is 4.79 Å². The molecular formula is C7H11N3O2. The Hall–Kier alpha value is -1.65. The molecule has 0 radical (unpaired) electrons. The van der Waals surface area contributed by atoms with E-state index in [1.807, 2.05) is 0 Å². The zero-order chi connectivity index (χ0) is 9.40. The molecular weight excluding hydrogens is 158 g/mol. The molecule has 12 heavy (non-hydrogen) atoms. The number of rotatable bonds is 1. The van der Waals surface area contributed by atoms with Crippen molar-refractivity contribution in [1.29, 1.82) is 0 Å². The minimum Gasteiger partial charge on any atom is -0.481 e. The molecule has 0 saturated carbocycles. The Morgan fingerprint density at radius 3 is 2.17 bits per heavy atom. The molecule has 0 atom stereocenters. The van der Waals surface area contributed by atoms with Gasteiger partial charge in [0.1, 0.15) is 0 Å². The van der Waals surface area contributed by atoms with Gasteiger partial charge >= 0.3 is 0 Å². The number of nitrogens with one attached hydrogen (secondary N) is 1. The number of aromatic nitrogens is 2. The van der Waals surface area contributed by atoms with E-state index in [4.69, 9.17) is 9.90 Å². The Labute approximate surface area is 70.5 Å². The van der Waals surface area contributed by atoms with Gasteiger partial charge in [-0.25, -0.2) is 9.97 Å². The van der Waals surface area contributed by atoms with E-state index in [1.165, 1.54) is 0 Å². The first-order valence-electron chi connectivity index (χ1n) is 3.31. The van der Waals surface area contributed by atoms with Crippen molar-refractivity contribution >= 4 is 11.9 Å². The van der Waals surface area contributed by atoms with Crippen LogP contribution in [0.4, 0.5) is 5.95 Å². The van der Waals surface area contributed by atoms with Gasteiger partial charge in [-0.15, -0.1) is 0 Å². The predicted octanol–water partition coefficient (Wildman–Crippen LogP) is 0.609. The van der Waals surface area contributed by atoms with Gasteiger partial charge in [-0.3, -0.25) is 4.79 Å². The molecule has 0 spiro atoms. The molecule has 0 fully saturated rings. The van der Waals surface area contributed by atoms with E-state index >= 15 is 0 Å². The van der Waals surface area contributed by atoms with E-state index in [0.717, 1.165) is 6.92 Å². The van der Waals surface area contributed by atoms with Gasteiger partial charge in [-0.05, 0) is 6.07 Å². The molecule has 0 amide bonds. The van der Waals surface area contributed by atoms with Crippen LogP contribution < -0.4 is 5.32 Å². The minimum absolute atomic E-state index is 0.660. The van der Waals surface area contributed by atoms with Crippen LogP contribution in [0.5, 0.6) is 0 Å². The van der Waals surface area contributed by atoms with Crippen LogP contribution in [0.15, 0.2) is 18.5 Å². The Morgan fingerprint density at radius 1 is 1.50 bits per heavy atom.